The van der Waals surface area contributed by atoms with Crippen LogP contribution in [-0.2, 0) is 4.79 Å². The van der Waals surface area contributed by atoms with Gasteiger partial charge in [-0.25, -0.2) is 0 Å². The average Bonchev–Trinajstić information content (AvgIpc) is 2.74. The molecule has 0 aliphatic rings. The number of carbonyl (C=O) groups is 2. The molecule has 6 nitrogen and oxygen atoms in total. The molecular weight excluding hydrogens is 466 g/mol. The fourth-order valence-corrected chi connectivity index (χ4v) is 2.99. The first kappa shape index (κ1) is 21.5. The van der Waals surface area contributed by atoms with E-state index in [0.717, 1.165) is 4.47 Å². The quantitative estimate of drug-likeness (QED) is 0.446. The van der Waals surface area contributed by atoms with Crippen molar-refractivity contribution in [1.29, 1.82) is 0 Å². The predicted molar refractivity (Wildman–Crippen MR) is 125 cm³/mol. The molecule has 0 saturated carbocycles. The number of para-hydroxylation sites is 2. The lowest BCUT2D eigenvalue weighted by Crippen LogP contribution is -2.37. The van der Waals surface area contributed by atoms with E-state index in [4.69, 9.17) is 17.0 Å². The summed E-state index contributed by atoms with van der Waals surface area (Å²) in [6.07, 6.45) is 0. The summed E-state index contributed by atoms with van der Waals surface area (Å²) in [6.45, 7) is -0.195. The number of hydrogen-bond acceptors (Lipinski definition) is 4. The Labute approximate surface area is 187 Å². The van der Waals surface area contributed by atoms with E-state index in [-0.39, 0.29) is 17.6 Å². The lowest BCUT2D eigenvalue weighted by molar-refractivity contribution is -0.121. The third-order valence-corrected chi connectivity index (χ3v) is 4.62. The number of halogens is 1. The first-order valence-corrected chi connectivity index (χ1v) is 10.2. The van der Waals surface area contributed by atoms with E-state index in [1.807, 2.05) is 30.3 Å². The fourth-order valence-electron chi connectivity index (χ4n) is 2.51. The van der Waals surface area contributed by atoms with Crippen molar-refractivity contribution in [2.24, 2.45) is 0 Å². The second-order valence-corrected chi connectivity index (χ2v) is 7.43. The summed E-state index contributed by atoms with van der Waals surface area (Å²) >= 11 is 8.54. The molecule has 0 atom stereocenters. The molecule has 3 aromatic carbocycles. The van der Waals surface area contributed by atoms with Gasteiger partial charge in [0.15, 0.2) is 11.7 Å². The molecule has 3 rings (SSSR count). The molecule has 2 amide bonds. The van der Waals surface area contributed by atoms with Crippen molar-refractivity contribution in [1.82, 2.24) is 5.32 Å². The highest BCUT2D eigenvalue weighted by Gasteiger charge is 2.13. The van der Waals surface area contributed by atoms with Crippen LogP contribution in [0.1, 0.15) is 10.4 Å². The third kappa shape index (κ3) is 6.40. The van der Waals surface area contributed by atoms with Crippen LogP contribution in [0, 0.1) is 0 Å². The summed E-state index contributed by atoms with van der Waals surface area (Å²) in [5, 5.41) is 8.32. The number of benzene rings is 3. The number of carbonyl (C=O) groups excluding carboxylic acids is 2. The fraction of sp³-hybridized carbons (Fsp3) is 0.0455. The van der Waals surface area contributed by atoms with Crippen molar-refractivity contribution < 1.29 is 14.3 Å². The van der Waals surface area contributed by atoms with Crippen LogP contribution in [0.3, 0.4) is 0 Å². The van der Waals surface area contributed by atoms with Crippen molar-refractivity contribution in [2.45, 2.75) is 0 Å². The van der Waals surface area contributed by atoms with E-state index < -0.39 is 5.91 Å². The predicted octanol–water partition coefficient (Wildman–Crippen LogP) is 4.59. The van der Waals surface area contributed by atoms with Crippen molar-refractivity contribution >= 4 is 56.4 Å². The maximum Gasteiger partial charge on any atom is 0.264 e. The van der Waals surface area contributed by atoms with Crippen LogP contribution in [0.25, 0.3) is 0 Å². The molecule has 0 aliphatic heterocycles. The summed E-state index contributed by atoms with van der Waals surface area (Å²) in [5.74, 6) is -0.145. The van der Waals surface area contributed by atoms with Crippen LogP contribution in [0.2, 0.25) is 0 Å². The van der Waals surface area contributed by atoms with Crippen LogP contribution in [-0.4, -0.2) is 23.5 Å². The van der Waals surface area contributed by atoms with Gasteiger partial charge in [0, 0.05) is 10.2 Å². The zero-order valence-corrected chi connectivity index (χ0v) is 18.1. The normalized spacial score (nSPS) is 10.0. The van der Waals surface area contributed by atoms with Crippen molar-refractivity contribution in [2.75, 3.05) is 17.2 Å². The number of ether oxygens (including phenoxy) is 1. The molecular formula is C22H18BrN3O3S. The number of amides is 2. The Morgan fingerprint density at radius 2 is 1.53 bits per heavy atom. The number of rotatable bonds is 6. The maximum atomic E-state index is 12.6. The van der Waals surface area contributed by atoms with Gasteiger partial charge in [0.1, 0.15) is 5.75 Å². The molecule has 0 radical (unpaired) electrons. The molecule has 0 heterocycles. The molecule has 152 valence electrons. The van der Waals surface area contributed by atoms with Gasteiger partial charge in [-0.1, -0.05) is 46.3 Å². The molecule has 0 aromatic heterocycles. The molecule has 0 bridgehead atoms. The summed E-state index contributed by atoms with van der Waals surface area (Å²) < 4.78 is 6.33. The first-order chi connectivity index (χ1) is 14.5. The molecule has 3 aromatic rings. The van der Waals surface area contributed by atoms with Gasteiger partial charge in [0.05, 0.1) is 11.3 Å². The third-order valence-electron chi connectivity index (χ3n) is 3.89. The van der Waals surface area contributed by atoms with E-state index in [1.54, 1.807) is 48.5 Å². The summed E-state index contributed by atoms with van der Waals surface area (Å²) in [6, 6.07) is 23.1. The Kier molecular flexibility index (Phi) is 7.53. The van der Waals surface area contributed by atoms with Crippen molar-refractivity contribution in [3.63, 3.8) is 0 Å². The Bertz CT molecular complexity index is 1040. The lowest BCUT2D eigenvalue weighted by Gasteiger charge is -2.14. The van der Waals surface area contributed by atoms with Gasteiger partial charge < -0.3 is 15.4 Å². The lowest BCUT2D eigenvalue weighted by atomic mass is 10.1. The monoisotopic (exact) mass is 483 g/mol. The second kappa shape index (κ2) is 10.5. The van der Waals surface area contributed by atoms with Crippen LogP contribution in [0.4, 0.5) is 11.4 Å². The van der Waals surface area contributed by atoms with Gasteiger partial charge in [-0.05, 0) is 60.7 Å². The van der Waals surface area contributed by atoms with E-state index >= 15 is 0 Å². The smallest absolute Gasteiger partial charge is 0.264 e. The highest BCUT2D eigenvalue weighted by molar-refractivity contribution is 9.10. The maximum absolute atomic E-state index is 12.6. The number of hydrogen-bond donors (Lipinski definition) is 3. The van der Waals surface area contributed by atoms with Gasteiger partial charge in [-0.15, -0.1) is 0 Å². The Balaban J connectivity index is 1.56. The van der Waals surface area contributed by atoms with Gasteiger partial charge in [0.2, 0.25) is 0 Å². The number of anilines is 2. The molecule has 3 N–H and O–H groups in total. The molecule has 0 fully saturated rings. The summed E-state index contributed by atoms with van der Waals surface area (Å²) in [5.41, 5.74) is 1.55. The Hall–Kier alpha value is -3.23. The molecule has 0 saturated heterocycles. The van der Waals surface area contributed by atoms with Crippen molar-refractivity contribution in [3.05, 3.63) is 88.9 Å². The molecule has 30 heavy (non-hydrogen) atoms. The standard InChI is InChI=1S/C22H18BrN3O3S/c23-15-10-12-17(13-11-15)29-14-20(27)26-22(30)25-19-9-5-4-8-18(19)21(28)24-16-6-2-1-3-7-16/h1-13H,14H2,(H,24,28)(H2,25,26,27,30). The highest BCUT2D eigenvalue weighted by Crippen LogP contribution is 2.18. The topological polar surface area (TPSA) is 79.5 Å². The van der Waals surface area contributed by atoms with Crippen LogP contribution < -0.4 is 20.7 Å². The zero-order valence-electron chi connectivity index (χ0n) is 15.7. The minimum absolute atomic E-state index is 0.0689. The van der Waals surface area contributed by atoms with Crippen LogP contribution in [0.5, 0.6) is 5.75 Å². The van der Waals surface area contributed by atoms with E-state index in [9.17, 15) is 9.59 Å². The highest BCUT2D eigenvalue weighted by atomic mass is 79.9. The number of thiocarbonyl (C=S) groups is 1. The Morgan fingerprint density at radius 1 is 0.867 bits per heavy atom. The molecule has 0 aliphatic carbocycles. The number of nitrogens with one attached hydrogen (secondary N) is 3. The van der Waals surface area contributed by atoms with Gasteiger partial charge in [0.25, 0.3) is 11.8 Å². The zero-order chi connectivity index (χ0) is 21.3. The van der Waals surface area contributed by atoms with E-state index in [1.165, 1.54) is 0 Å². The SMILES string of the molecule is O=C(COc1ccc(Br)cc1)NC(=S)Nc1ccccc1C(=O)Nc1ccccc1. The van der Waals surface area contributed by atoms with Crippen LogP contribution in [0.15, 0.2) is 83.3 Å². The first-order valence-electron chi connectivity index (χ1n) is 8.96. The molecule has 0 unspecified atom stereocenters. The van der Waals surface area contributed by atoms with Gasteiger partial charge in [-0.3, -0.25) is 14.9 Å². The minimum Gasteiger partial charge on any atom is -0.484 e. The average molecular weight is 484 g/mol. The summed E-state index contributed by atoms with van der Waals surface area (Å²) in [4.78, 5) is 24.7. The van der Waals surface area contributed by atoms with Gasteiger partial charge >= 0.3 is 0 Å². The Morgan fingerprint density at radius 3 is 2.27 bits per heavy atom. The van der Waals surface area contributed by atoms with Crippen LogP contribution >= 0.6 is 28.1 Å². The molecule has 0 spiro atoms. The van der Waals surface area contributed by atoms with Crippen molar-refractivity contribution in [3.8, 4) is 5.75 Å². The minimum atomic E-state index is -0.415. The van der Waals surface area contributed by atoms with Gasteiger partial charge in [-0.2, -0.15) is 0 Å². The largest absolute Gasteiger partial charge is 0.484 e. The molecule has 8 heteroatoms. The van der Waals surface area contributed by atoms with E-state index in [0.29, 0.717) is 22.7 Å². The summed E-state index contributed by atoms with van der Waals surface area (Å²) in [7, 11) is 0. The second-order valence-electron chi connectivity index (χ2n) is 6.11. The van der Waals surface area contributed by atoms with E-state index in [2.05, 4.69) is 31.9 Å².